The molecule has 0 aliphatic rings. The van der Waals surface area contributed by atoms with Gasteiger partial charge >= 0.3 is 0 Å². The summed E-state index contributed by atoms with van der Waals surface area (Å²) in [6.45, 7) is 1.60. The molecule has 20 heavy (non-hydrogen) atoms. The maximum Gasteiger partial charge on any atom is 0.274 e. The molecule has 0 bridgehead atoms. The molecule has 0 unspecified atom stereocenters. The van der Waals surface area contributed by atoms with Gasteiger partial charge in [0.15, 0.2) is 0 Å². The number of nitro groups is 1. The lowest BCUT2D eigenvalue weighted by atomic mass is 10.1. The van der Waals surface area contributed by atoms with Crippen molar-refractivity contribution in [1.82, 2.24) is 0 Å². The van der Waals surface area contributed by atoms with E-state index < -0.39 is 16.6 Å². The van der Waals surface area contributed by atoms with Gasteiger partial charge in [0.1, 0.15) is 5.82 Å². The summed E-state index contributed by atoms with van der Waals surface area (Å²) in [6, 6.07) is 9.82. The number of carbonyl (C=O) groups excluding carboxylic acids is 1. The number of nitrogens with one attached hydrogen (secondary N) is 1. The van der Waals surface area contributed by atoms with Gasteiger partial charge in [0.2, 0.25) is 0 Å². The van der Waals surface area contributed by atoms with Crippen LogP contribution in [0.25, 0.3) is 0 Å². The molecule has 6 heteroatoms. The quantitative estimate of drug-likeness (QED) is 0.689. The number of nitro benzene ring substituents is 1. The second-order valence-corrected chi connectivity index (χ2v) is 4.19. The number of hydrogen-bond acceptors (Lipinski definition) is 3. The number of halogens is 1. The predicted octanol–water partition coefficient (Wildman–Crippen LogP) is 3.29. The Labute approximate surface area is 114 Å². The molecule has 0 aromatic heterocycles. The fourth-order valence-electron chi connectivity index (χ4n) is 1.73. The summed E-state index contributed by atoms with van der Waals surface area (Å²) in [5.74, 6) is -1.30. The SMILES string of the molecule is Cc1ccc(NC(=O)c2ccccc2F)cc1[N+](=O)[O-]. The first-order valence-electron chi connectivity index (χ1n) is 5.80. The molecule has 2 rings (SSSR count). The fourth-order valence-corrected chi connectivity index (χ4v) is 1.73. The molecule has 0 aliphatic carbocycles. The van der Waals surface area contributed by atoms with E-state index in [1.165, 1.54) is 42.5 Å². The molecule has 0 aliphatic heterocycles. The Bertz CT molecular complexity index is 686. The van der Waals surface area contributed by atoms with Gasteiger partial charge in [-0.15, -0.1) is 0 Å². The Morgan fingerprint density at radius 3 is 2.60 bits per heavy atom. The van der Waals surface area contributed by atoms with E-state index in [9.17, 15) is 19.3 Å². The molecule has 5 nitrogen and oxygen atoms in total. The molecule has 2 aromatic rings. The van der Waals surface area contributed by atoms with Crippen molar-refractivity contribution >= 4 is 17.3 Å². The number of rotatable bonds is 3. The van der Waals surface area contributed by atoms with Crippen LogP contribution in [0, 0.1) is 22.9 Å². The third-order valence-electron chi connectivity index (χ3n) is 2.78. The Morgan fingerprint density at radius 1 is 1.25 bits per heavy atom. The smallest absolute Gasteiger partial charge is 0.274 e. The summed E-state index contributed by atoms with van der Waals surface area (Å²) in [5, 5.41) is 13.3. The average molecular weight is 274 g/mol. The molecule has 0 atom stereocenters. The van der Waals surface area contributed by atoms with E-state index in [4.69, 9.17) is 0 Å². The average Bonchev–Trinajstić information content (AvgIpc) is 2.41. The predicted molar refractivity (Wildman–Crippen MR) is 72.2 cm³/mol. The molecule has 2 aromatic carbocycles. The van der Waals surface area contributed by atoms with Crippen molar-refractivity contribution in [3.63, 3.8) is 0 Å². The number of carbonyl (C=O) groups is 1. The normalized spacial score (nSPS) is 10.1. The van der Waals surface area contributed by atoms with Gasteiger partial charge in [0.05, 0.1) is 10.5 Å². The molecular formula is C14H11FN2O3. The van der Waals surface area contributed by atoms with E-state index in [0.717, 1.165) is 0 Å². The second-order valence-electron chi connectivity index (χ2n) is 4.19. The van der Waals surface area contributed by atoms with Crippen molar-refractivity contribution < 1.29 is 14.1 Å². The monoisotopic (exact) mass is 274 g/mol. The summed E-state index contributed by atoms with van der Waals surface area (Å²) < 4.78 is 13.4. The maximum atomic E-state index is 13.4. The van der Waals surface area contributed by atoms with E-state index in [0.29, 0.717) is 5.56 Å². The molecule has 0 radical (unpaired) electrons. The Morgan fingerprint density at radius 2 is 1.95 bits per heavy atom. The summed E-state index contributed by atoms with van der Waals surface area (Å²) >= 11 is 0. The molecule has 102 valence electrons. The van der Waals surface area contributed by atoms with Crippen molar-refractivity contribution in [3.8, 4) is 0 Å². The fraction of sp³-hybridized carbons (Fsp3) is 0.0714. The zero-order chi connectivity index (χ0) is 14.7. The van der Waals surface area contributed by atoms with Gasteiger partial charge in [-0.2, -0.15) is 0 Å². The third-order valence-corrected chi connectivity index (χ3v) is 2.78. The number of anilines is 1. The van der Waals surface area contributed by atoms with Crippen LogP contribution in [0.1, 0.15) is 15.9 Å². The summed E-state index contributed by atoms with van der Waals surface area (Å²) in [4.78, 5) is 22.2. The maximum absolute atomic E-state index is 13.4. The highest BCUT2D eigenvalue weighted by molar-refractivity contribution is 6.04. The number of aryl methyl sites for hydroxylation is 1. The lowest BCUT2D eigenvalue weighted by Crippen LogP contribution is -2.13. The lowest BCUT2D eigenvalue weighted by molar-refractivity contribution is -0.385. The Balaban J connectivity index is 2.27. The van der Waals surface area contributed by atoms with Gasteiger partial charge in [0, 0.05) is 17.3 Å². The van der Waals surface area contributed by atoms with Crippen molar-refractivity contribution in [3.05, 3.63) is 69.5 Å². The minimum Gasteiger partial charge on any atom is -0.322 e. The van der Waals surface area contributed by atoms with Crippen molar-refractivity contribution in [1.29, 1.82) is 0 Å². The number of amides is 1. The highest BCUT2D eigenvalue weighted by Gasteiger charge is 2.14. The molecule has 0 fully saturated rings. The van der Waals surface area contributed by atoms with Crippen molar-refractivity contribution in [2.75, 3.05) is 5.32 Å². The Hall–Kier alpha value is -2.76. The lowest BCUT2D eigenvalue weighted by Gasteiger charge is -2.06. The zero-order valence-corrected chi connectivity index (χ0v) is 10.6. The zero-order valence-electron chi connectivity index (χ0n) is 10.6. The van der Waals surface area contributed by atoms with Crippen LogP contribution in [0.2, 0.25) is 0 Å². The first kappa shape index (κ1) is 13.7. The van der Waals surface area contributed by atoms with Gasteiger partial charge in [-0.1, -0.05) is 18.2 Å². The molecule has 0 heterocycles. The molecule has 1 amide bonds. The number of hydrogen-bond donors (Lipinski definition) is 1. The largest absolute Gasteiger partial charge is 0.322 e. The first-order chi connectivity index (χ1) is 9.49. The van der Waals surface area contributed by atoms with Crippen molar-refractivity contribution in [2.24, 2.45) is 0 Å². The minimum atomic E-state index is -0.652. The number of nitrogens with zero attached hydrogens (tertiary/aromatic N) is 1. The van der Waals surface area contributed by atoms with E-state index in [-0.39, 0.29) is 16.9 Å². The molecule has 1 N–H and O–H groups in total. The molecule has 0 spiro atoms. The summed E-state index contributed by atoms with van der Waals surface area (Å²) in [7, 11) is 0. The highest BCUT2D eigenvalue weighted by Crippen LogP contribution is 2.22. The van der Waals surface area contributed by atoms with Crippen LogP contribution >= 0.6 is 0 Å². The van der Waals surface area contributed by atoms with E-state index >= 15 is 0 Å². The van der Waals surface area contributed by atoms with Crippen LogP contribution < -0.4 is 5.32 Å². The topological polar surface area (TPSA) is 72.2 Å². The molecule has 0 saturated heterocycles. The van der Waals surface area contributed by atoms with Crippen LogP contribution in [0.3, 0.4) is 0 Å². The van der Waals surface area contributed by atoms with Crippen LogP contribution in [0.15, 0.2) is 42.5 Å². The third kappa shape index (κ3) is 2.80. The standard InChI is InChI=1S/C14H11FN2O3/c1-9-6-7-10(8-13(9)17(19)20)16-14(18)11-4-2-3-5-12(11)15/h2-8H,1H3,(H,16,18). The van der Waals surface area contributed by atoms with Gasteiger partial charge in [-0.25, -0.2) is 4.39 Å². The van der Waals surface area contributed by atoms with Gasteiger partial charge in [-0.05, 0) is 25.1 Å². The minimum absolute atomic E-state index is 0.101. The van der Waals surface area contributed by atoms with E-state index in [1.54, 1.807) is 6.92 Å². The summed E-state index contributed by atoms with van der Waals surface area (Å²) in [5.41, 5.74) is 0.515. The van der Waals surface area contributed by atoms with Crippen LogP contribution in [-0.4, -0.2) is 10.8 Å². The van der Waals surface area contributed by atoms with Gasteiger partial charge in [-0.3, -0.25) is 14.9 Å². The summed E-state index contributed by atoms with van der Waals surface area (Å²) in [6.07, 6.45) is 0. The van der Waals surface area contributed by atoms with Crippen LogP contribution in [-0.2, 0) is 0 Å². The van der Waals surface area contributed by atoms with E-state index in [1.807, 2.05) is 0 Å². The van der Waals surface area contributed by atoms with E-state index in [2.05, 4.69) is 5.32 Å². The Kier molecular flexibility index (Phi) is 3.74. The second kappa shape index (κ2) is 5.48. The number of benzene rings is 2. The van der Waals surface area contributed by atoms with Crippen LogP contribution in [0.4, 0.5) is 15.8 Å². The highest BCUT2D eigenvalue weighted by atomic mass is 19.1. The van der Waals surface area contributed by atoms with Gasteiger partial charge < -0.3 is 5.32 Å². The van der Waals surface area contributed by atoms with Crippen LogP contribution in [0.5, 0.6) is 0 Å². The first-order valence-corrected chi connectivity index (χ1v) is 5.80. The molecular weight excluding hydrogens is 263 g/mol. The van der Waals surface area contributed by atoms with Crippen molar-refractivity contribution in [2.45, 2.75) is 6.92 Å². The van der Waals surface area contributed by atoms with Gasteiger partial charge in [0.25, 0.3) is 11.6 Å². The molecule has 0 saturated carbocycles.